The zero-order valence-electron chi connectivity index (χ0n) is 17.9. The van der Waals surface area contributed by atoms with Gasteiger partial charge in [-0.1, -0.05) is 31.0 Å². The quantitative estimate of drug-likeness (QED) is 0.450. The Kier molecular flexibility index (Phi) is 6.45. The monoisotopic (exact) mass is 499 g/mol. The summed E-state index contributed by atoms with van der Waals surface area (Å²) in [6, 6.07) is 3.30. The van der Waals surface area contributed by atoms with Crippen LogP contribution in [-0.4, -0.2) is 35.0 Å². The van der Waals surface area contributed by atoms with Crippen LogP contribution in [0.1, 0.15) is 55.5 Å². The average Bonchev–Trinajstić information content (AvgIpc) is 3.52. The van der Waals surface area contributed by atoms with Crippen molar-refractivity contribution in [2.45, 2.75) is 44.8 Å². The van der Waals surface area contributed by atoms with Crippen LogP contribution in [0.15, 0.2) is 33.7 Å². The fourth-order valence-corrected chi connectivity index (χ4v) is 4.80. The van der Waals surface area contributed by atoms with E-state index < -0.39 is 27.7 Å². The molecule has 0 radical (unpaired) electrons. The number of alkyl halides is 3. The molecule has 2 aromatic heterocycles. The zero-order chi connectivity index (χ0) is 23.9. The Morgan fingerprint density at radius 2 is 2.03 bits per heavy atom. The van der Waals surface area contributed by atoms with Crippen LogP contribution in [0.25, 0.3) is 11.0 Å². The van der Waals surface area contributed by atoms with Gasteiger partial charge in [0.05, 0.1) is 16.9 Å². The van der Waals surface area contributed by atoms with Gasteiger partial charge < -0.3 is 0 Å². The SMILES string of the molecule is CCCCS(=O)/N=C(\c1ccc(C(F)(F)F)c(Cl)c1)c1c2ncn(C3CC3)c(=O)c2nn1C. The van der Waals surface area contributed by atoms with E-state index in [2.05, 4.69) is 14.5 Å². The lowest BCUT2D eigenvalue weighted by atomic mass is 10.0. The molecular weight excluding hydrogens is 479 g/mol. The van der Waals surface area contributed by atoms with Crippen LogP contribution in [0.2, 0.25) is 5.02 Å². The molecule has 4 rings (SSSR count). The first-order valence-electron chi connectivity index (χ1n) is 10.4. The Morgan fingerprint density at radius 3 is 2.64 bits per heavy atom. The van der Waals surface area contributed by atoms with Gasteiger partial charge in [-0.15, -0.1) is 0 Å². The molecule has 0 bridgehead atoms. The second-order valence-corrected chi connectivity index (χ2v) is 9.51. The van der Waals surface area contributed by atoms with E-state index >= 15 is 0 Å². The number of aromatic nitrogens is 4. The van der Waals surface area contributed by atoms with E-state index in [4.69, 9.17) is 11.6 Å². The van der Waals surface area contributed by atoms with Crippen molar-refractivity contribution in [1.82, 2.24) is 19.3 Å². The van der Waals surface area contributed by atoms with Gasteiger partial charge in [0.1, 0.15) is 27.9 Å². The Bertz CT molecular complexity index is 1330. The summed E-state index contributed by atoms with van der Waals surface area (Å²) in [5, 5.41) is 3.80. The van der Waals surface area contributed by atoms with Crippen molar-refractivity contribution in [1.29, 1.82) is 0 Å². The minimum absolute atomic E-state index is 0.100. The predicted molar refractivity (Wildman–Crippen MR) is 121 cm³/mol. The fraction of sp³-hybridized carbons (Fsp3) is 0.429. The third kappa shape index (κ3) is 4.74. The summed E-state index contributed by atoms with van der Waals surface area (Å²) < 4.78 is 59.5. The molecule has 0 aliphatic heterocycles. The van der Waals surface area contributed by atoms with Crippen LogP contribution in [0, 0.1) is 0 Å². The molecule has 1 aromatic carbocycles. The third-order valence-electron chi connectivity index (χ3n) is 5.35. The van der Waals surface area contributed by atoms with Crippen LogP contribution in [-0.2, 0) is 24.2 Å². The number of unbranched alkanes of at least 4 members (excludes halogenated alkanes) is 1. The highest BCUT2D eigenvalue weighted by Gasteiger charge is 2.34. The maximum atomic E-state index is 13.2. The van der Waals surface area contributed by atoms with Crippen molar-refractivity contribution in [2.24, 2.45) is 11.4 Å². The van der Waals surface area contributed by atoms with E-state index in [1.165, 1.54) is 21.6 Å². The van der Waals surface area contributed by atoms with Crippen LogP contribution in [0.3, 0.4) is 0 Å². The smallest absolute Gasteiger partial charge is 0.294 e. The normalized spacial score (nSPS) is 15.9. The van der Waals surface area contributed by atoms with Gasteiger partial charge in [-0.25, -0.2) is 9.19 Å². The first-order chi connectivity index (χ1) is 15.6. The van der Waals surface area contributed by atoms with Crippen molar-refractivity contribution in [2.75, 3.05) is 5.75 Å². The van der Waals surface area contributed by atoms with E-state index in [-0.39, 0.29) is 45.4 Å². The topological polar surface area (TPSA) is 82.1 Å². The fourth-order valence-electron chi connectivity index (χ4n) is 3.49. The highest BCUT2D eigenvalue weighted by atomic mass is 35.5. The van der Waals surface area contributed by atoms with Gasteiger partial charge in [0, 0.05) is 24.4 Å². The lowest BCUT2D eigenvalue weighted by Gasteiger charge is -2.12. The third-order valence-corrected chi connectivity index (χ3v) is 6.69. The highest BCUT2D eigenvalue weighted by molar-refractivity contribution is 7.83. The summed E-state index contributed by atoms with van der Waals surface area (Å²) in [4.78, 5) is 17.3. The van der Waals surface area contributed by atoms with Gasteiger partial charge in [-0.2, -0.15) is 22.7 Å². The molecule has 1 saturated carbocycles. The molecular formula is C21H21ClF3N5O2S. The molecule has 0 amide bonds. The zero-order valence-corrected chi connectivity index (χ0v) is 19.5. The van der Waals surface area contributed by atoms with Gasteiger partial charge in [0.25, 0.3) is 5.56 Å². The molecule has 0 saturated heterocycles. The summed E-state index contributed by atoms with van der Waals surface area (Å²) in [5.41, 5.74) is -0.322. The number of hydrogen-bond donors (Lipinski definition) is 0. The van der Waals surface area contributed by atoms with Crippen LogP contribution in [0.4, 0.5) is 13.2 Å². The van der Waals surface area contributed by atoms with Crippen LogP contribution in [0.5, 0.6) is 0 Å². The van der Waals surface area contributed by atoms with Crippen molar-refractivity contribution >= 4 is 39.3 Å². The highest BCUT2D eigenvalue weighted by Crippen LogP contribution is 2.36. The van der Waals surface area contributed by atoms with Gasteiger partial charge in [-0.05, 0) is 31.4 Å². The van der Waals surface area contributed by atoms with Gasteiger partial charge >= 0.3 is 6.18 Å². The number of aryl methyl sites for hydroxylation is 1. The first kappa shape index (κ1) is 23.6. The van der Waals surface area contributed by atoms with Gasteiger partial charge in [0.2, 0.25) is 0 Å². The maximum Gasteiger partial charge on any atom is 0.417 e. The Hall–Kier alpha value is -2.53. The van der Waals surface area contributed by atoms with E-state index in [0.29, 0.717) is 6.42 Å². The molecule has 3 aromatic rings. The van der Waals surface area contributed by atoms with Gasteiger partial charge in [0.15, 0.2) is 5.52 Å². The van der Waals surface area contributed by atoms with E-state index in [1.54, 1.807) is 7.05 Å². The molecule has 1 aliphatic carbocycles. The minimum Gasteiger partial charge on any atom is -0.294 e. The van der Waals surface area contributed by atoms with Crippen LogP contribution >= 0.6 is 11.6 Å². The molecule has 1 aliphatic rings. The Labute approximate surface area is 194 Å². The summed E-state index contributed by atoms with van der Waals surface area (Å²) in [6.07, 6.45) is 0.0671. The number of halogens is 4. The second kappa shape index (κ2) is 9.02. The number of hydrogen-bond acceptors (Lipinski definition) is 4. The Balaban J connectivity index is 1.90. The van der Waals surface area contributed by atoms with Crippen molar-refractivity contribution in [3.8, 4) is 0 Å². The number of nitrogens with zero attached hydrogens (tertiary/aromatic N) is 5. The molecule has 176 valence electrons. The first-order valence-corrected chi connectivity index (χ1v) is 12.1. The molecule has 1 atom stereocenters. The molecule has 1 fully saturated rings. The molecule has 33 heavy (non-hydrogen) atoms. The maximum absolute atomic E-state index is 13.2. The predicted octanol–water partition coefficient (Wildman–Crippen LogP) is 4.44. The van der Waals surface area contributed by atoms with E-state index in [1.807, 2.05) is 6.92 Å². The lowest BCUT2D eigenvalue weighted by molar-refractivity contribution is -0.137. The van der Waals surface area contributed by atoms with Crippen molar-refractivity contribution < 1.29 is 17.4 Å². The van der Waals surface area contributed by atoms with E-state index in [0.717, 1.165) is 31.4 Å². The number of fused-ring (bicyclic) bond motifs is 1. The number of rotatable bonds is 7. The summed E-state index contributed by atoms with van der Waals surface area (Å²) >= 11 is 5.94. The lowest BCUT2D eigenvalue weighted by Crippen LogP contribution is -2.19. The molecule has 2 heterocycles. The van der Waals surface area contributed by atoms with Crippen molar-refractivity contribution in [3.05, 3.63) is 56.7 Å². The average molecular weight is 500 g/mol. The van der Waals surface area contributed by atoms with Crippen molar-refractivity contribution in [3.63, 3.8) is 0 Å². The molecule has 0 N–H and O–H groups in total. The summed E-state index contributed by atoms with van der Waals surface area (Å²) in [6.45, 7) is 1.95. The summed E-state index contributed by atoms with van der Waals surface area (Å²) in [5.74, 6) is 0.284. The molecule has 7 nitrogen and oxygen atoms in total. The van der Waals surface area contributed by atoms with E-state index in [9.17, 15) is 22.2 Å². The van der Waals surface area contributed by atoms with Gasteiger partial charge in [-0.3, -0.25) is 14.0 Å². The number of benzene rings is 1. The van der Waals surface area contributed by atoms with Crippen LogP contribution < -0.4 is 5.56 Å². The standard InChI is InChI=1S/C21H21ClF3N5O2S/c1-3-4-9-33(32)28-16(12-5-8-14(15(22)10-12)21(23,24)25)19-17-18(27-29(19)2)20(31)30(11-26-17)13-6-7-13/h5,8,10-11,13H,3-4,6-7,9H2,1-2H3/b28-16+. The largest absolute Gasteiger partial charge is 0.417 e. The molecule has 1 unspecified atom stereocenters. The second-order valence-electron chi connectivity index (χ2n) is 7.87. The molecule has 0 spiro atoms. The molecule has 12 heteroatoms. The minimum atomic E-state index is -4.62. The summed E-state index contributed by atoms with van der Waals surface area (Å²) in [7, 11) is -0.0745. The Morgan fingerprint density at radius 1 is 1.30 bits per heavy atom.